The molecule has 7 nitrogen and oxygen atoms in total. The highest BCUT2D eigenvalue weighted by atomic mass is 15.4. The summed E-state index contributed by atoms with van der Waals surface area (Å²) in [6.07, 6.45) is 3.98. The Morgan fingerprint density at radius 2 is 1.86 bits per heavy atom. The van der Waals surface area contributed by atoms with Crippen LogP contribution in [0.3, 0.4) is 0 Å². The molecular weight excluding hydrogens is 362 g/mol. The third-order valence-corrected chi connectivity index (χ3v) is 5.33. The molecule has 1 fully saturated rings. The highest BCUT2D eigenvalue weighted by Crippen LogP contribution is 2.23. The smallest absolute Gasteiger partial charge is 0.212 e. The number of fused-ring (bicyclic) bond motifs is 1. The molecule has 2 aromatic carbocycles. The average molecular weight is 385 g/mol. The van der Waals surface area contributed by atoms with Crippen LogP contribution >= 0.6 is 0 Å². The lowest BCUT2D eigenvalue weighted by Gasteiger charge is -2.42. The van der Waals surface area contributed by atoms with Crippen molar-refractivity contribution in [3.05, 3.63) is 60.3 Å². The van der Waals surface area contributed by atoms with E-state index in [1.165, 1.54) is 4.90 Å². The summed E-state index contributed by atoms with van der Waals surface area (Å²) in [6, 6.07) is 15.5. The van der Waals surface area contributed by atoms with Crippen molar-refractivity contribution in [2.45, 2.75) is 19.9 Å². The van der Waals surface area contributed by atoms with E-state index in [-0.39, 0.29) is 12.0 Å². The number of anilines is 2. The van der Waals surface area contributed by atoms with Crippen LogP contribution in [0.1, 0.15) is 12.5 Å². The molecule has 29 heavy (non-hydrogen) atoms. The number of benzene rings is 2. The van der Waals surface area contributed by atoms with E-state index in [4.69, 9.17) is 10.4 Å². The van der Waals surface area contributed by atoms with Crippen molar-refractivity contribution in [1.29, 1.82) is 10.7 Å². The van der Waals surface area contributed by atoms with Crippen molar-refractivity contribution in [2.24, 2.45) is 0 Å². The van der Waals surface area contributed by atoms with E-state index in [0.29, 0.717) is 19.6 Å². The van der Waals surface area contributed by atoms with Crippen LogP contribution in [0.2, 0.25) is 0 Å². The molecule has 1 aliphatic heterocycles. The minimum absolute atomic E-state index is 0.0596. The first kappa shape index (κ1) is 18.7. The molecule has 0 radical (unpaired) electrons. The maximum absolute atomic E-state index is 9.70. The van der Waals surface area contributed by atoms with Gasteiger partial charge in [-0.3, -0.25) is 10.4 Å². The van der Waals surface area contributed by atoms with E-state index >= 15 is 0 Å². The van der Waals surface area contributed by atoms with Crippen LogP contribution in [0, 0.1) is 23.8 Å². The van der Waals surface area contributed by atoms with Crippen LogP contribution in [-0.2, 0) is 0 Å². The van der Waals surface area contributed by atoms with Crippen molar-refractivity contribution in [1.82, 2.24) is 14.9 Å². The number of hydrogen-bond acceptors (Lipinski definition) is 5. The summed E-state index contributed by atoms with van der Waals surface area (Å²) in [5.41, 5.74) is 3.47. The molecule has 2 heterocycles. The predicted molar refractivity (Wildman–Crippen MR) is 115 cm³/mol. The molecule has 1 unspecified atom stereocenters. The second-order valence-electron chi connectivity index (χ2n) is 7.25. The number of guanidine groups is 1. The Kier molecular flexibility index (Phi) is 5.00. The number of nitrogens with one attached hydrogen (secondary N) is 1. The minimum atomic E-state index is 0.0596. The summed E-state index contributed by atoms with van der Waals surface area (Å²) in [5.74, 6) is 1.05. The van der Waals surface area contributed by atoms with E-state index in [9.17, 15) is 5.26 Å². The summed E-state index contributed by atoms with van der Waals surface area (Å²) >= 11 is 0. The first-order chi connectivity index (χ1) is 14.1. The molecule has 0 amide bonds. The Hall–Kier alpha value is -3.66. The van der Waals surface area contributed by atoms with Gasteiger partial charge in [0.1, 0.15) is 5.82 Å². The normalized spacial score (nSPS) is 16.5. The molecule has 1 saturated heterocycles. The molecule has 4 rings (SSSR count). The van der Waals surface area contributed by atoms with Gasteiger partial charge in [-0.15, -0.1) is 0 Å². The first-order valence-electron chi connectivity index (χ1n) is 9.66. The third-order valence-electron chi connectivity index (χ3n) is 5.33. The maximum atomic E-state index is 9.70. The molecule has 1 aliphatic rings. The van der Waals surface area contributed by atoms with Crippen molar-refractivity contribution >= 4 is 28.5 Å². The summed E-state index contributed by atoms with van der Waals surface area (Å²) in [5, 5.41) is 18.4. The largest absolute Gasteiger partial charge is 0.351 e. The highest BCUT2D eigenvalue weighted by molar-refractivity contribution is 5.97. The second-order valence-corrected chi connectivity index (χ2v) is 7.25. The lowest BCUT2D eigenvalue weighted by Crippen LogP contribution is -2.57. The SMILES string of the molecule is Cc1ccccc1N(C#N)C(=N)N1CCN(c2cnc3ccccc3n2)CC1C. The topological polar surface area (TPSA) is 83.1 Å². The van der Waals surface area contributed by atoms with Crippen LogP contribution < -0.4 is 9.80 Å². The molecule has 3 aromatic rings. The number of aryl methyl sites for hydroxylation is 1. The minimum Gasteiger partial charge on any atom is -0.351 e. The Morgan fingerprint density at radius 3 is 2.59 bits per heavy atom. The third kappa shape index (κ3) is 3.57. The van der Waals surface area contributed by atoms with Gasteiger partial charge < -0.3 is 9.80 Å². The monoisotopic (exact) mass is 385 g/mol. The van der Waals surface area contributed by atoms with Gasteiger partial charge in [0.25, 0.3) is 0 Å². The summed E-state index contributed by atoms with van der Waals surface area (Å²) < 4.78 is 0. The quantitative estimate of drug-likeness (QED) is 0.315. The summed E-state index contributed by atoms with van der Waals surface area (Å²) in [7, 11) is 0. The lowest BCUT2D eigenvalue weighted by molar-refractivity contribution is 0.292. The van der Waals surface area contributed by atoms with Gasteiger partial charge in [-0.1, -0.05) is 30.3 Å². The van der Waals surface area contributed by atoms with Crippen LogP contribution in [-0.4, -0.2) is 46.5 Å². The Bertz CT molecular complexity index is 1090. The van der Waals surface area contributed by atoms with Gasteiger partial charge in [-0.05, 0) is 37.6 Å². The number of nitrogens with zero attached hydrogens (tertiary/aromatic N) is 6. The van der Waals surface area contributed by atoms with Gasteiger partial charge in [-0.2, -0.15) is 5.26 Å². The zero-order valence-electron chi connectivity index (χ0n) is 16.6. The second kappa shape index (κ2) is 7.76. The molecule has 0 bridgehead atoms. The molecule has 1 atom stereocenters. The predicted octanol–water partition coefficient (Wildman–Crippen LogP) is 3.37. The number of nitriles is 1. The maximum Gasteiger partial charge on any atom is 0.212 e. The molecular formula is C22H23N7. The summed E-state index contributed by atoms with van der Waals surface area (Å²) in [4.78, 5) is 14.8. The fourth-order valence-corrected chi connectivity index (χ4v) is 3.74. The molecule has 0 saturated carbocycles. The van der Waals surface area contributed by atoms with Crippen molar-refractivity contribution in [3.8, 4) is 6.19 Å². The number of aromatic nitrogens is 2. The molecule has 0 aliphatic carbocycles. The highest BCUT2D eigenvalue weighted by Gasteiger charge is 2.30. The Balaban J connectivity index is 1.51. The van der Waals surface area contributed by atoms with E-state index in [1.54, 1.807) is 0 Å². The number of hydrogen-bond donors (Lipinski definition) is 1. The van der Waals surface area contributed by atoms with E-state index in [2.05, 4.69) is 23.0 Å². The average Bonchev–Trinajstić information content (AvgIpc) is 2.75. The van der Waals surface area contributed by atoms with E-state index < -0.39 is 0 Å². The number of rotatable bonds is 2. The zero-order valence-corrected chi connectivity index (χ0v) is 16.6. The van der Waals surface area contributed by atoms with Gasteiger partial charge in [0.15, 0.2) is 6.19 Å². The molecule has 7 heteroatoms. The first-order valence-corrected chi connectivity index (χ1v) is 9.66. The van der Waals surface area contributed by atoms with Gasteiger partial charge in [0.2, 0.25) is 5.96 Å². The van der Waals surface area contributed by atoms with Crippen molar-refractivity contribution in [3.63, 3.8) is 0 Å². The van der Waals surface area contributed by atoms with Gasteiger partial charge in [-0.25, -0.2) is 9.88 Å². The number of para-hydroxylation sites is 3. The van der Waals surface area contributed by atoms with Crippen LogP contribution in [0.15, 0.2) is 54.7 Å². The van der Waals surface area contributed by atoms with Crippen LogP contribution in [0.5, 0.6) is 0 Å². The Labute approximate surface area is 170 Å². The zero-order chi connectivity index (χ0) is 20.4. The fourth-order valence-electron chi connectivity index (χ4n) is 3.74. The van der Waals surface area contributed by atoms with Crippen molar-refractivity contribution < 1.29 is 0 Å². The lowest BCUT2D eigenvalue weighted by atomic mass is 10.1. The van der Waals surface area contributed by atoms with Gasteiger partial charge in [0, 0.05) is 25.7 Å². The fraction of sp³-hybridized carbons (Fsp3) is 0.273. The standard InChI is InChI=1S/C22H23N7/c1-16-7-3-6-10-20(16)29(15-23)22(24)28-12-11-27(14-17(28)2)21-13-25-18-8-4-5-9-19(18)26-21/h3-10,13,17,24H,11-12,14H2,1-2H3. The Morgan fingerprint density at radius 1 is 1.14 bits per heavy atom. The van der Waals surface area contributed by atoms with Crippen LogP contribution in [0.25, 0.3) is 11.0 Å². The summed E-state index contributed by atoms with van der Waals surface area (Å²) in [6.45, 7) is 6.09. The molecule has 1 N–H and O–H groups in total. The molecule has 1 aromatic heterocycles. The van der Waals surface area contributed by atoms with Crippen molar-refractivity contribution in [2.75, 3.05) is 29.4 Å². The molecule has 0 spiro atoms. The number of piperazine rings is 1. The van der Waals surface area contributed by atoms with Gasteiger partial charge >= 0.3 is 0 Å². The van der Waals surface area contributed by atoms with Gasteiger partial charge in [0.05, 0.1) is 22.9 Å². The molecule has 146 valence electrons. The van der Waals surface area contributed by atoms with E-state index in [1.807, 2.05) is 66.6 Å². The van der Waals surface area contributed by atoms with Crippen LogP contribution in [0.4, 0.5) is 11.5 Å². The van der Waals surface area contributed by atoms with E-state index in [0.717, 1.165) is 28.1 Å².